The van der Waals surface area contributed by atoms with Crippen molar-refractivity contribution in [2.24, 2.45) is 0 Å². The highest BCUT2D eigenvalue weighted by molar-refractivity contribution is 5.14. The summed E-state index contributed by atoms with van der Waals surface area (Å²) in [5, 5.41) is 0. The van der Waals surface area contributed by atoms with Crippen molar-refractivity contribution in [2.45, 2.75) is 6.42 Å². The first-order valence-corrected chi connectivity index (χ1v) is 4.25. The first-order valence-electron chi connectivity index (χ1n) is 4.25. The first-order chi connectivity index (χ1) is 6.45. The van der Waals surface area contributed by atoms with Crippen LogP contribution in [0.4, 0.5) is 0 Å². The van der Waals surface area contributed by atoms with Crippen LogP contribution in [0.25, 0.3) is 0 Å². The zero-order valence-corrected chi connectivity index (χ0v) is 7.22. The fourth-order valence-electron chi connectivity index (χ4n) is 1.19. The average molecular weight is 170 g/mol. The Morgan fingerprint density at radius 1 is 0.769 bits per heavy atom. The summed E-state index contributed by atoms with van der Waals surface area (Å²) in [6.07, 6.45) is 4.41. The number of aromatic nitrogens is 2. The van der Waals surface area contributed by atoms with Gasteiger partial charge in [-0.25, -0.2) is 0 Å². The highest BCUT2D eigenvalue weighted by Crippen LogP contribution is 2.02. The Bertz CT molecular complexity index is 319. The molecule has 2 heterocycles. The molecule has 2 rings (SSSR count). The van der Waals surface area contributed by atoms with Crippen molar-refractivity contribution in [3.63, 3.8) is 0 Å². The molecule has 0 saturated carbocycles. The van der Waals surface area contributed by atoms with Crippen LogP contribution in [-0.4, -0.2) is 9.97 Å². The van der Waals surface area contributed by atoms with E-state index in [9.17, 15) is 0 Å². The molecule has 0 spiro atoms. The van der Waals surface area contributed by atoms with Gasteiger partial charge in [0.1, 0.15) is 0 Å². The third-order valence-electron chi connectivity index (χ3n) is 1.81. The van der Waals surface area contributed by atoms with E-state index in [4.69, 9.17) is 0 Å². The Hall–Kier alpha value is -1.70. The lowest BCUT2D eigenvalue weighted by Gasteiger charge is -1.98. The molecule has 0 aliphatic carbocycles. The number of rotatable bonds is 2. The van der Waals surface area contributed by atoms with Gasteiger partial charge in [-0.3, -0.25) is 9.97 Å². The molecule has 2 heteroatoms. The minimum Gasteiger partial charge on any atom is -0.261 e. The van der Waals surface area contributed by atoms with E-state index in [1.807, 2.05) is 36.4 Å². The smallest absolute Gasteiger partial charge is 0.0463 e. The van der Waals surface area contributed by atoms with E-state index in [1.165, 1.54) is 0 Å². The van der Waals surface area contributed by atoms with Crippen LogP contribution in [0.5, 0.6) is 0 Å². The van der Waals surface area contributed by atoms with Crippen LogP contribution in [-0.2, 0) is 6.42 Å². The van der Waals surface area contributed by atoms with E-state index in [1.54, 1.807) is 12.4 Å². The Morgan fingerprint density at radius 2 is 1.31 bits per heavy atom. The number of nitrogens with zero attached hydrogens (tertiary/aromatic N) is 2. The van der Waals surface area contributed by atoms with Crippen molar-refractivity contribution < 1.29 is 0 Å². The maximum absolute atomic E-state index is 4.23. The van der Waals surface area contributed by atoms with Gasteiger partial charge < -0.3 is 0 Å². The molecular formula is C11H10N2. The summed E-state index contributed by atoms with van der Waals surface area (Å²) in [6.45, 7) is 0. The highest BCUT2D eigenvalue weighted by Gasteiger charge is 1.95. The van der Waals surface area contributed by atoms with Crippen LogP contribution < -0.4 is 0 Å². The summed E-state index contributed by atoms with van der Waals surface area (Å²) < 4.78 is 0. The van der Waals surface area contributed by atoms with Gasteiger partial charge in [0.15, 0.2) is 0 Å². The molecule has 0 fully saturated rings. The van der Waals surface area contributed by atoms with Crippen molar-refractivity contribution >= 4 is 0 Å². The van der Waals surface area contributed by atoms with Crippen LogP contribution >= 0.6 is 0 Å². The molecule has 0 aliphatic heterocycles. The maximum atomic E-state index is 4.23. The number of hydrogen-bond donors (Lipinski definition) is 0. The second kappa shape index (κ2) is 3.81. The van der Waals surface area contributed by atoms with Gasteiger partial charge in [0.25, 0.3) is 0 Å². The molecule has 0 aliphatic rings. The number of hydrogen-bond acceptors (Lipinski definition) is 2. The van der Waals surface area contributed by atoms with E-state index < -0.39 is 0 Å². The molecular weight excluding hydrogens is 160 g/mol. The van der Waals surface area contributed by atoms with Crippen molar-refractivity contribution in [1.29, 1.82) is 0 Å². The third kappa shape index (κ3) is 2.12. The summed E-state index contributed by atoms with van der Waals surface area (Å²) in [5.41, 5.74) is 2.11. The minimum atomic E-state index is 0.807. The predicted octanol–water partition coefficient (Wildman–Crippen LogP) is 2.07. The standard InChI is InChI=1S/C11H10N2/c1-3-7-12-10(5-1)9-11-6-2-4-8-13-11/h1-8H,9H2. The van der Waals surface area contributed by atoms with Crippen LogP contribution in [0.2, 0.25) is 0 Å². The lowest BCUT2D eigenvalue weighted by Crippen LogP contribution is -1.92. The van der Waals surface area contributed by atoms with Crippen molar-refractivity contribution in [3.05, 3.63) is 60.2 Å². The summed E-state index contributed by atoms with van der Waals surface area (Å²) >= 11 is 0. The molecule has 0 saturated heterocycles. The van der Waals surface area contributed by atoms with Gasteiger partial charge >= 0.3 is 0 Å². The third-order valence-corrected chi connectivity index (χ3v) is 1.81. The van der Waals surface area contributed by atoms with E-state index >= 15 is 0 Å². The fourth-order valence-corrected chi connectivity index (χ4v) is 1.19. The highest BCUT2D eigenvalue weighted by atomic mass is 14.7. The second-order valence-corrected chi connectivity index (χ2v) is 2.82. The van der Waals surface area contributed by atoms with Crippen molar-refractivity contribution in [1.82, 2.24) is 9.97 Å². The minimum absolute atomic E-state index is 0.807. The molecule has 0 aromatic carbocycles. The molecule has 0 amide bonds. The zero-order chi connectivity index (χ0) is 8.93. The first kappa shape index (κ1) is 7.92. The summed E-state index contributed by atoms with van der Waals surface area (Å²) in [5.74, 6) is 0. The van der Waals surface area contributed by atoms with Crippen LogP contribution in [0.15, 0.2) is 48.8 Å². The van der Waals surface area contributed by atoms with Crippen LogP contribution in [0, 0.1) is 0 Å². The van der Waals surface area contributed by atoms with Crippen LogP contribution in [0.1, 0.15) is 11.4 Å². The topological polar surface area (TPSA) is 25.8 Å². The fraction of sp³-hybridized carbons (Fsp3) is 0.0909. The lowest BCUT2D eigenvalue weighted by atomic mass is 10.2. The van der Waals surface area contributed by atoms with Gasteiger partial charge in [0.05, 0.1) is 0 Å². The predicted molar refractivity (Wildman–Crippen MR) is 51.3 cm³/mol. The molecule has 0 N–H and O–H groups in total. The Balaban J connectivity index is 2.16. The Morgan fingerprint density at radius 3 is 1.69 bits per heavy atom. The van der Waals surface area contributed by atoms with Gasteiger partial charge in [0, 0.05) is 30.2 Å². The molecule has 13 heavy (non-hydrogen) atoms. The normalized spacial score (nSPS) is 9.85. The zero-order valence-electron chi connectivity index (χ0n) is 7.22. The monoisotopic (exact) mass is 170 g/mol. The van der Waals surface area contributed by atoms with Gasteiger partial charge in [-0.1, -0.05) is 12.1 Å². The van der Waals surface area contributed by atoms with Gasteiger partial charge in [-0.15, -0.1) is 0 Å². The summed E-state index contributed by atoms with van der Waals surface area (Å²) in [6, 6.07) is 11.8. The molecule has 64 valence electrons. The molecule has 0 radical (unpaired) electrons. The van der Waals surface area contributed by atoms with E-state index in [-0.39, 0.29) is 0 Å². The Kier molecular flexibility index (Phi) is 2.32. The summed E-state index contributed by atoms with van der Waals surface area (Å²) in [4.78, 5) is 8.47. The van der Waals surface area contributed by atoms with E-state index in [0.29, 0.717) is 0 Å². The number of pyridine rings is 2. The van der Waals surface area contributed by atoms with Crippen molar-refractivity contribution in [3.8, 4) is 0 Å². The van der Waals surface area contributed by atoms with Gasteiger partial charge in [0.2, 0.25) is 0 Å². The quantitative estimate of drug-likeness (QED) is 0.689. The molecule has 0 unspecified atom stereocenters. The second-order valence-electron chi connectivity index (χ2n) is 2.82. The van der Waals surface area contributed by atoms with Gasteiger partial charge in [-0.05, 0) is 24.3 Å². The maximum Gasteiger partial charge on any atom is 0.0463 e. The average Bonchev–Trinajstić information content (AvgIpc) is 2.21. The summed E-state index contributed by atoms with van der Waals surface area (Å²) in [7, 11) is 0. The Labute approximate surface area is 77.3 Å². The lowest BCUT2D eigenvalue weighted by molar-refractivity contribution is 1.01. The van der Waals surface area contributed by atoms with E-state index in [2.05, 4.69) is 9.97 Å². The largest absolute Gasteiger partial charge is 0.261 e. The molecule has 0 atom stereocenters. The molecule has 2 aromatic rings. The molecule has 2 nitrogen and oxygen atoms in total. The van der Waals surface area contributed by atoms with E-state index in [0.717, 1.165) is 17.8 Å². The van der Waals surface area contributed by atoms with Crippen molar-refractivity contribution in [2.75, 3.05) is 0 Å². The van der Waals surface area contributed by atoms with Gasteiger partial charge in [-0.2, -0.15) is 0 Å². The SMILES string of the molecule is c1ccc(Cc2ccccn2)nc1. The molecule has 2 aromatic heterocycles. The molecule has 0 bridgehead atoms. The van der Waals surface area contributed by atoms with Crippen LogP contribution in [0.3, 0.4) is 0 Å².